The average molecular weight is 408 g/mol. The number of aromatic nitrogens is 2. The van der Waals surface area contributed by atoms with E-state index in [1.165, 1.54) is 6.08 Å². The monoisotopic (exact) mass is 407 g/mol. The summed E-state index contributed by atoms with van der Waals surface area (Å²) in [7, 11) is 0. The summed E-state index contributed by atoms with van der Waals surface area (Å²) in [5.41, 5.74) is 1.14. The molecule has 0 atom stereocenters. The molecule has 4 aromatic rings. The predicted molar refractivity (Wildman–Crippen MR) is 110 cm³/mol. The lowest BCUT2D eigenvalue weighted by Gasteiger charge is -2.01. The molecule has 0 spiro atoms. The van der Waals surface area contributed by atoms with Crippen LogP contribution in [-0.2, 0) is 0 Å². The molecule has 0 fully saturated rings. The van der Waals surface area contributed by atoms with Gasteiger partial charge >= 0.3 is 0 Å². The number of aromatic amines is 1. The van der Waals surface area contributed by atoms with Crippen LogP contribution in [0.15, 0.2) is 63.8 Å². The second-order valence-electron chi connectivity index (χ2n) is 5.93. The van der Waals surface area contributed by atoms with Gasteiger partial charge in [0.1, 0.15) is 17.6 Å². The van der Waals surface area contributed by atoms with Gasteiger partial charge in [-0.15, -0.1) is 0 Å². The van der Waals surface area contributed by atoms with Gasteiger partial charge in [-0.3, -0.25) is 4.79 Å². The number of para-hydroxylation sites is 1. The molecule has 0 saturated carbocycles. The van der Waals surface area contributed by atoms with Gasteiger partial charge in [0, 0.05) is 11.6 Å². The number of nitrogens with zero attached hydrogens (tertiary/aromatic N) is 2. The van der Waals surface area contributed by atoms with Gasteiger partial charge in [-0.2, -0.15) is 5.26 Å². The van der Waals surface area contributed by atoms with Gasteiger partial charge in [0.15, 0.2) is 5.82 Å². The van der Waals surface area contributed by atoms with Crippen LogP contribution in [0.5, 0.6) is 0 Å². The topological polar surface area (TPSA) is 82.7 Å². The first-order valence-electron chi connectivity index (χ1n) is 8.21. The van der Waals surface area contributed by atoms with Crippen molar-refractivity contribution < 1.29 is 4.42 Å². The van der Waals surface area contributed by atoms with E-state index in [1.54, 1.807) is 54.6 Å². The summed E-state index contributed by atoms with van der Waals surface area (Å²) >= 11 is 12.0. The molecule has 28 heavy (non-hydrogen) atoms. The van der Waals surface area contributed by atoms with Crippen molar-refractivity contribution in [2.24, 2.45) is 0 Å². The van der Waals surface area contributed by atoms with Crippen LogP contribution in [0.25, 0.3) is 33.9 Å². The number of allylic oxidation sites excluding steroid dienone is 1. The van der Waals surface area contributed by atoms with Crippen molar-refractivity contribution in [2.45, 2.75) is 0 Å². The summed E-state index contributed by atoms with van der Waals surface area (Å²) in [6.07, 6.45) is 1.52. The number of rotatable bonds is 3. The Morgan fingerprint density at radius 2 is 1.93 bits per heavy atom. The first-order chi connectivity index (χ1) is 13.5. The Balaban J connectivity index is 1.73. The lowest BCUT2D eigenvalue weighted by atomic mass is 10.2. The molecule has 0 aliphatic carbocycles. The number of hydrogen-bond donors (Lipinski definition) is 1. The van der Waals surface area contributed by atoms with Crippen LogP contribution in [0.2, 0.25) is 10.0 Å². The fraction of sp³-hybridized carbons (Fsp3) is 0. The quantitative estimate of drug-likeness (QED) is 0.451. The maximum Gasteiger partial charge on any atom is 0.259 e. The van der Waals surface area contributed by atoms with Crippen LogP contribution < -0.4 is 5.56 Å². The Kier molecular flexibility index (Phi) is 4.74. The third-order valence-electron chi connectivity index (χ3n) is 4.11. The number of fused-ring (bicyclic) bond motifs is 1. The molecule has 136 valence electrons. The van der Waals surface area contributed by atoms with E-state index in [0.717, 1.165) is 5.56 Å². The van der Waals surface area contributed by atoms with Crippen LogP contribution in [-0.4, -0.2) is 9.97 Å². The third kappa shape index (κ3) is 3.44. The standard InChI is InChI=1S/C21H11Cl2N3O2/c22-16-7-5-12(10-17(16)23)19-8-6-14(28-19)9-13(11-24)20-25-18-4-2-1-3-15(18)21(27)26-20/h1-10H,(H,25,26,27)/b13-9+. The fourth-order valence-electron chi connectivity index (χ4n) is 2.74. The van der Waals surface area contributed by atoms with Gasteiger partial charge in [0.2, 0.25) is 0 Å². The van der Waals surface area contributed by atoms with E-state index < -0.39 is 0 Å². The van der Waals surface area contributed by atoms with E-state index in [4.69, 9.17) is 27.6 Å². The minimum atomic E-state index is -0.308. The summed E-state index contributed by atoms with van der Waals surface area (Å²) in [6, 6.07) is 17.6. The van der Waals surface area contributed by atoms with Crippen molar-refractivity contribution in [3.05, 3.63) is 86.6 Å². The fourth-order valence-corrected chi connectivity index (χ4v) is 3.04. The SMILES string of the molecule is N#C/C(=C\c1ccc(-c2ccc(Cl)c(Cl)c2)o1)c1nc2ccccc2c(=O)[nH]1. The van der Waals surface area contributed by atoms with Crippen molar-refractivity contribution in [3.63, 3.8) is 0 Å². The molecule has 2 aromatic carbocycles. The molecule has 0 saturated heterocycles. The van der Waals surface area contributed by atoms with Crippen LogP contribution in [0.4, 0.5) is 0 Å². The number of H-pyrrole nitrogens is 1. The van der Waals surface area contributed by atoms with Gasteiger partial charge in [-0.25, -0.2) is 4.98 Å². The number of nitriles is 1. The Labute approximate surface area is 169 Å². The third-order valence-corrected chi connectivity index (χ3v) is 4.84. The molecule has 0 aliphatic heterocycles. The van der Waals surface area contributed by atoms with Crippen LogP contribution in [0.3, 0.4) is 0 Å². The summed E-state index contributed by atoms with van der Waals surface area (Å²) in [5.74, 6) is 1.19. The first-order valence-corrected chi connectivity index (χ1v) is 8.97. The molecule has 1 N–H and O–H groups in total. The Morgan fingerprint density at radius 1 is 1.11 bits per heavy atom. The molecule has 0 radical (unpaired) electrons. The zero-order chi connectivity index (χ0) is 19.7. The molecular weight excluding hydrogens is 397 g/mol. The molecule has 7 heteroatoms. The lowest BCUT2D eigenvalue weighted by Crippen LogP contribution is -2.11. The normalized spacial score (nSPS) is 11.5. The van der Waals surface area contributed by atoms with Crippen molar-refractivity contribution in [2.75, 3.05) is 0 Å². The van der Waals surface area contributed by atoms with Gasteiger partial charge in [0.05, 0.1) is 26.5 Å². The van der Waals surface area contributed by atoms with E-state index in [0.29, 0.717) is 32.5 Å². The minimum Gasteiger partial charge on any atom is -0.457 e. The largest absolute Gasteiger partial charge is 0.457 e. The highest BCUT2D eigenvalue weighted by Crippen LogP contribution is 2.30. The van der Waals surface area contributed by atoms with E-state index in [2.05, 4.69) is 16.0 Å². The Bertz CT molecular complexity index is 1330. The van der Waals surface area contributed by atoms with Crippen LogP contribution in [0, 0.1) is 11.3 Å². The van der Waals surface area contributed by atoms with Crippen molar-refractivity contribution >= 4 is 45.8 Å². The molecule has 2 aromatic heterocycles. The second-order valence-corrected chi connectivity index (χ2v) is 6.75. The van der Waals surface area contributed by atoms with Crippen molar-refractivity contribution in [3.8, 4) is 17.4 Å². The highest BCUT2D eigenvalue weighted by Gasteiger charge is 2.11. The molecule has 0 bridgehead atoms. The molecular formula is C21H11Cl2N3O2. The van der Waals surface area contributed by atoms with Crippen LogP contribution >= 0.6 is 23.2 Å². The van der Waals surface area contributed by atoms with E-state index >= 15 is 0 Å². The lowest BCUT2D eigenvalue weighted by molar-refractivity contribution is 0.572. The zero-order valence-corrected chi connectivity index (χ0v) is 15.8. The second kappa shape index (κ2) is 7.35. The predicted octanol–water partition coefficient (Wildman–Crippen LogP) is 5.55. The maximum absolute atomic E-state index is 12.2. The number of furan rings is 1. The van der Waals surface area contributed by atoms with Crippen LogP contribution in [0.1, 0.15) is 11.6 Å². The number of benzene rings is 2. The summed E-state index contributed by atoms with van der Waals surface area (Å²) < 4.78 is 5.79. The van der Waals surface area contributed by atoms with Crippen molar-refractivity contribution in [1.29, 1.82) is 5.26 Å². The van der Waals surface area contributed by atoms with Crippen molar-refractivity contribution in [1.82, 2.24) is 9.97 Å². The highest BCUT2D eigenvalue weighted by atomic mass is 35.5. The summed E-state index contributed by atoms with van der Waals surface area (Å²) in [5, 5.41) is 10.9. The highest BCUT2D eigenvalue weighted by molar-refractivity contribution is 6.42. The van der Waals surface area contributed by atoms with E-state index in [-0.39, 0.29) is 17.0 Å². The molecule has 2 heterocycles. The van der Waals surface area contributed by atoms with Gasteiger partial charge < -0.3 is 9.40 Å². The number of halogens is 2. The number of nitrogens with one attached hydrogen (secondary N) is 1. The van der Waals surface area contributed by atoms with Gasteiger partial charge in [0.25, 0.3) is 5.56 Å². The molecule has 0 amide bonds. The van der Waals surface area contributed by atoms with Gasteiger partial charge in [-0.05, 0) is 42.5 Å². The molecule has 4 rings (SSSR count). The zero-order valence-electron chi connectivity index (χ0n) is 14.2. The molecule has 0 unspecified atom stereocenters. The average Bonchev–Trinajstić information content (AvgIpc) is 3.17. The smallest absolute Gasteiger partial charge is 0.259 e. The Hall–Kier alpha value is -3.33. The minimum absolute atomic E-state index is 0.179. The van der Waals surface area contributed by atoms with E-state index in [9.17, 15) is 10.1 Å². The van der Waals surface area contributed by atoms with Gasteiger partial charge in [-0.1, -0.05) is 35.3 Å². The molecule has 0 aliphatic rings. The summed E-state index contributed by atoms with van der Waals surface area (Å²) in [4.78, 5) is 19.3. The Morgan fingerprint density at radius 3 is 2.71 bits per heavy atom. The summed E-state index contributed by atoms with van der Waals surface area (Å²) in [6.45, 7) is 0. The maximum atomic E-state index is 12.2. The molecule has 5 nitrogen and oxygen atoms in total. The number of hydrogen-bond acceptors (Lipinski definition) is 4. The van der Waals surface area contributed by atoms with E-state index in [1.807, 2.05) is 0 Å². The first kappa shape index (κ1) is 18.1.